The highest BCUT2D eigenvalue weighted by Gasteiger charge is 2.35. The van der Waals surface area contributed by atoms with Crippen molar-refractivity contribution in [3.63, 3.8) is 0 Å². The zero-order valence-corrected chi connectivity index (χ0v) is 19.4. The number of fused-ring (bicyclic) bond motifs is 1. The van der Waals surface area contributed by atoms with Crippen molar-refractivity contribution in [2.45, 2.75) is 52.0 Å². The normalized spacial score (nSPS) is 21.8. The lowest BCUT2D eigenvalue weighted by molar-refractivity contribution is 0.0313. The number of nitrogens with zero attached hydrogens (tertiary/aromatic N) is 5. The number of carbonyl (C=O) groups is 1. The number of piperidine rings is 2. The van der Waals surface area contributed by atoms with E-state index >= 15 is 0 Å². The van der Waals surface area contributed by atoms with Crippen LogP contribution in [0.1, 0.15) is 54.0 Å². The van der Waals surface area contributed by atoms with Crippen molar-refractivity contribution in [3.05, 3.63) is 23.1 Å². The molecule has 4 heterocycles. The molecule has 170 valence electrons. The van der Waals surface area contributed by atoms with E-state index in [1.54, 1.807) is 7.11 Å². The van der Waals surface area contributed by atoms with Gasteiger partial charge in [0.1, 0.15) is 5.69 Å². The molecule has 2 fully saturated rings. The zero-order valence-electron chi connectivity index (χ0n) is 19.4. The van der Waals surface area contributed by atoms with Gasteiger partial charge in [0.2, 0.25) is 0 Å². The molecular formula is C23H36N6O2. The fraction of sp³-hybridized carbons (Fsp3) is 0.696. The predicted octanol–water partition coefficient (Wildman–Crippen LogP) is 2.78. The van der Waals surface area contributed by atoms with Crippen molar-refractivity contribution >= 4 is 5.91 Å². The average Bonchev–Trinajstić information content (AvgIpc) is 3.34. The van der Waals surface area contributed by atoms with Crippen molar-refractivity contribution in [1.29, 1.82) is 0 Å². The Morgan fingerprint density at radius 2 is 2.06 bits per heavy atom. The van der Waals surface area contributed by atoms with E-state index in [4.69, 9.17) is 4.74 Å². The number of hydrogen-bond acceptors (Lipinski definition) is 5. The number of carbonyl (C=O) groups excluding carboxylic acids is 1. The minimum absolute atomic E-state index is 0.00271. The Hall–Kier alpha value is -2.19. The topological polar surface area (TPSA) is 79.3 Å². The molecule has 1 amide bonds. The lowest BCUT2D eigenvalue weighted by Crippen LogP contribution is -2.52. The summed E-state index contributed by atoms with van der Waals surface area (Å²) in [4.78, 5) is 18.1. The predicted molar refractivity (Wildman–Crippen MR) is 120 cm³/mol. The van der Waals surface area contributed by atoms with Crippen LogP contribution in [0.25, 0.3) is 11.3 Å². The number of aromatic amines is 1. The van der Waals surface area contributed by atoms with E-state index in [-0.39, 0.29) is 5.91 Å². The molecule has 0 radical (unpaired) electrons. The van der Waals surface area contributed by atoms with Gasteiger partial charge in [0.05, 0.1) is 18.0 Å². The lowest BCUT2D eigenvalue weighted by Gasteiger charge is -2.45. The monoisotopic (exact) mass is 428 g/mol. The van der Waals surface area contributed by atoms with E-state index in [0.29, 0.717) is 30.8 Å². The quantitative estimate of drug-likeness (QED) is 0.734. The van der Waals surface area contributed by atoms with Gasteiger partial charge in [-0.15, -0.1) is 0 Å². The van der Waals surface area contributed by atoms with Crippen molar-refractivity contribution in [3.8, 4) is 11.3 Å². The maximum atomic E-state index is 13.5. The molecule has 8 nitrogen and oxygen atoms in total. The van der Waals surface area contributed by atoms with Crippen LogP contribution in [0.5, 0.6) is 0 Å². The summed E-state index contributed by atoms with van der Waals surface area (Å²) in [6, 6.07) is 2.48. The second kappa shape index (κ2) is 9.53. The number of amides is 1. The number of aromatic nitrogens is 4. The Morgan fingerprint density at radius 1 is 1.26 bits per heavy atom. The fourth-order valence-corrected chi connectivity index (χ4v) is 5.42. The van der Waals surface area contributed by atoms with E-state index in [9.17, 15) is 4.79 Å². The van der Waals surface area contributed by atoms with Gasteiger partial charge in [-0.05, 0) is 64.6 Å². The highest BCUT2D eigenvalue weighted by Crippen LogP contribution is 2.32. The van der Waals surface area contributed by atoms with Gasteiger partial charge in [-0.1, -0.05) is 6.42 Å². The Labute approximate surface area is 184 Å². The summed E-state index contributed by atoms with van der Waals surface area (Å²) in [5, 5.41) is 11.9. The van der Waals surface area contributed by atoms with E-state index in [1.807, 2.05) is 36.5 Å². The SMILES string of the molecule is COCCN(C[C@H]1CCCN2CCCC[C@H]12)C(=O)c1cc(-c2c(C)nn(C)c2C)n[nH]1. The van der Waals surface area contributed by atoms with Gasteiger partial charge in [-0.2, -0.15) is 10.2 Å². The van der Waals surface area contributed by atoms with Crippen molar-refractivity contribution < 1.29 is 9.53 Å². The van der Waals surface area contributed by atoms with Crippen molar-refractivity contribution in [1.82, 2.24) is 29.8 Å². The average molecular weight is 429 g/mol. The molecule has 1 N–H and O–H groups in total. The number of ether oxygens (including phenoxy) is 1. The molecule has 0 aromatic carbocycles. The second-order valence-corrected chi connectivity index (χ2v) is 9.08. The third-order valence-corrected chi connectivity index (χ3v) is 7.11. The maximum absolute atomic E-state index is 13.5. The first kappa shape index (κ1) is 22.0. The van der Waals surface area contributed by atoms with Gasteiger partial charge >= 0.3 is 0 Å². The molecule has 0 aliphatic carbocycles. The summed E-state index contributed by atoms with van der Waals surface area (Å²) in [6.45, 7) is 8.33. The van der Waals surface area contributed by atoms with Gasteiger partial charge in [0, 0.05) is 44.5 Å². The Morgan fingerprint density at radius 3 is 2.81 bits per heavy atom. The number of aryl methyl sites for hydroxylation is 2. The Bertz CT molecular complexity index is 902. The van der Waals surface area contributed by atoms with Gasteiger partial charge in [-0.3, -0.25) is 14.6 Å². The molecular weight excluding hydrogens is 392 g/mol. The van der Waals surface area contributed by atoms with Crippen molar-refractivity contribution in [2.75, 3.05) is 39.9 Å². The summed E-state index contributed by atoms with van der Waals surface area (Å²) in [5.74, 6) is 0.531. The summed E-state index contributed by atoms with van der Waals surface area (Å²) in [5.41, 5.74) is 4.26. The van der Waals surface area contributed by atoms with E-state index < -0.39 is 0 Å². The summed E-state index contributed by atoms with van der Waals surface area (Å²) >= 11 is 0. The zero-order chi connectivity index (χ0) is 22.0. The van der Waals surface area contributed by atoms with Crippen LogP contribution < -0.4 is 0 Å². The summed E-state index contributed by atoms with van der Waals surface area (Å²) in [7, 11) is 3.62. The third-order valence-electron chi connectivity index (χ3n) is 7.11. The number of methoxy groups -OCH3 is 1. The molecule has 0 spiro atoms. The largest absolute Gasteiger partial charge is 0.383 e. The first-order valence-electron chi connectivity index (χ1n) is 11.6. The Balaban J connectivity index is 1.52. The highest BCUT2D eigenvalue weighted by molar-refractivity contribution is 5.93. The summed E-state index contributed by atoms with van der Waals surface area (Å²) < 4.78 is 7.17. The number of rotatable bonds is 7. The minimum Gasteiger partial charge on any atom is -0.383 e. The van der Waals surface area contributed by atoms with Crippen LogP contribution >= 0.6 is 0 Å². The molecule has 4 rings (SSSR count). The van der Waals surface area contributed by atoms with Gasteiger partial charge in [0.15, 0.2) is 0 Å². The van der Waals surface area contributed by atoms with Gasteiger partial charge < -0.3 is 14.5 Å². The molecule has 0 saturated carbocycles. The van der Waals surface area contributed by atoms with Crippen LogP contribution in [0.2, 0.25) is 0 Å². The highest BCUT2D eigenvalue weighted by atomic mass is 16.5. The molecule has 31 heavy (non-hydrogen) atoms. The van der Waals surface area contributed by atoms with Crippen LogP contribution in [0.3, 0.4) is 0 Å². The first-order valence-corrected chi connectivity index (χ1v) is 11.6. The standard InChI is InChI=1S/C23H36N6O2/c1-16-22(17(2)27(3)26-16)19-14-20(25-24-19)23(30)29(12-13-31-4)15-18-8-7-11-28-10-6-5-9-21(18)28/h14,18,21H,5-13,15H2,1-4H3,(H,24,25)/t18-,21-/m1/s1. The van der Waals surface area contributed by atoms with Crippen LogP contribution in [0.15, 0.2) is 6.07 Å². The number of hydrogen-bond donors (Lipinski definition) is 1. The van der Waals surface area contributed by atoms with E-state index in [2.05, 4.69) is 20.2 Å². The number of nitrogens with one attached hydrogen (secondary N) is 1. The minimum atomic E-state index is 0.00271. The molecule has 2 aromatic heterocycles. The van der Waals surface area contributed by atoms with Crippen LogP contribution in [-0.4, -0.2) is 81.6 Å². The Kier molecular flexibility index (Phi) is 6.77. The molecule has 2 saturated heterocycles. The van der Waals surface area contributed by atoms with Crippen molar-refractivity contribution in [2.24, 2.45) is 13.0 Å². The molecule has 2 atom stereocenters. The van der Waals surface area contributed by atoms with Crippen LogP contribution in [0.4, 0.5) is 0 Å². The smallest absolute Gasteiger partial charge is 0.271 e. The lowest BCUT2D eigenvalue weighted by atomic mass is 9.83. The second-order valence-electron chi connectivity index (χ2n) is 9.08. The third kappa shape index (κ3) is 4.55. The summed E-state index contributed by atoms with van der Waals surface area (Å²) in [6.07, 6.45) is 6.28. The first-order chi connectivity index (χ1) is 15.0. The number of H-pyrrole nitrogens is 1. The fourth-order valence-electron chi connectivity index (χ4n) is 5.42. The molecule has 0 bridgehead atoms. The molecule has 0 unspecified atom stereocenters. The van der Waals surface area contributed by atoms with E-state index in [1.165, 1.54) is 45.2 Å². The molecule has 2 aromatic rings. The maximum Gasteiger partial charge on any atom is 0.271 e. The van der Waals surface area contributed by atoms with Crippen LogP contribution in [0, 0.1) is 19.8 Å². The van der Waals surface area contributed by atoms with E-state index in [0.717, 1.165) is 29.2 Å². The van der Waals surface area contributed by atoms with Gasteiger partial charge in [0.25, 0.3) is 5.91 Å². The van der Waals surface area contributed by atoms with Gasteiger partial charge in [-0.25, -0.2) is 0 Å². The molecule has 8 heteroatoms. The molecule has 2 aliphatic heterocycles. The van der Waals surface area contributed by atoms with Crippen LogP contribution in [-0.2, 0) is 11.8 Å². The molecule has 2 aliphatic rings.